The maximum absolute atomic E-state index is 10.4. The van der Waals surface area contributed by atoms with E-state index in [2.05, 4.69) is 12.1 Å². The lowest BCUT2D eigenvalue weighted by atomic mass is 9.98. The number of halogens is 2. The van der Waals surface area contributed by atoms with Gasteiger partial charge in [0.2, 0.25) is 0 Å². The molecule has 1 fully saturated rings. The van der Waals surface area contributed by atoms with Gasteiger partial charge in [-0.2, -0.15) is 0 Å². The monoisotopic (exact) mass is 306 g/mol. The van der Waals surface area contributed by atoms with Gasteiger partial charge in [0.1, 0.15) is 0 Å². The predicted octanol–water partition coefficient (Wildman–Crippen LogP) is 5.15. The molecule has 0 spiro atoms. The summed E-state index contributed by atoms with van der Waals surface area (Å²) in [5.41, 5.74) is 3.16. The summed E-state index contributed by atoms with van der Waals surface area (Å²) >= 11 is 12.2. The van der Waals surface area contributed by atoms with Gasteiger partial charge >= 0.3 is 0 Å². The van der Waals surface area contributed by atoms with Crippen molar-refractivity contribution in [1.29, 1.82) is 0 Å². The zero-order chi connectivity index (χ0) is 14.1. The first kappa shape index (κ1) is 13.9. The molecule has 20 heavy (non-hydrogen) atoms. The molecule has 1 atom stereocenters. The fourth-order valence-corrected chi connectivity index (χ4v) is 2.87. The van der Waals surface area contributed by atoms with Crippen LogP contribution in [0.5, 0.6) is 0 Å². The summed E-state index contributed by atoms with van der Waals surface area (Å²) in [5, 5.41) is 11.5. The van der Waals surface area contributed by atoms with E-state index in [9.17, 15) is 5.11 Å². The number of aliphatic hydroxyl groups excluding tert-OH is 1. The molecule has 3 rings (SSSR count). The van der Waals surface area contributed by atoms with Crippen LogP contribution in [0.4, 0.5) is 0 Å². The molecule has 1 unspecified atom stereocenters. The average molecular weight is 307 g/mol. The zero-order valence-corrected chi connectivity index (χ0v) is 12.5. The van der Waals surface area contributed by atoms with Gasteiger partial charge in [0.05, 0.1) is 16.1 Å². The Morgan fingerprint density at radius 1 is 1.10 bits per heavy atom. The van der Waals surface area contributed by atoms with E-state index in [4.69, 9.17) is 23.2 Å². The molecule has 1 aliphatic rings. The highest BCUT2D eigenvalue weighted by Gasteiger charge is 2.24. The van der Waals surface area contributed by atoms with Crippen LogP contribution >= 0.6 is 23.2 Å². The highest BCUT2D eigenvalue weighted by atomic mass is 35.5. The number of hydrogen-bond donors (Lipinski definition) is 1. The van der Waals surface area contributed by atoms with E-state index in [-0.39, 0.29) is 0 Å². The van der Waals surface area contributed by atoms with Crippen LogP contribution in [0.15, 0.2) is 42.5 Å². The molecule has 2 aromatic rings. The Morgan fingerprint density at radius 3 is 2.60 bits per heavy atom. The van der Waals surface area contributed by atoms with Crippen LogP contribution in [0.3, 0.4) is 0 Å². The molecule has 104 valence electrons. The van der Waals surface area contributed by atoms with Gasteiger partial charge in [-0.1, -0.05) is 59.6 Å². The summed E-state index contributed by atoms with van der Waals surface area (Å²) in [6, 6.07) is 13.8. The smallest absolute Gasteiger partial charge is 0.0831 e. The maximum Gasteiger partial charge on any atom is 0.0831 e. The topological polar surface area (TPSA) is 20.2 Å². The SMILES string of the molecule is OC(Cc1cccc(Cl)c1Cl)c1cccc(C2CC2)c1. The van der Waals surface area contributed by atoms with Crippen LogP contribution in [-0.2, 0) is 6.42 Å². The van der Waals surface area contributed by atoms with E-state index in [0.717, 1.165) is 11.1 Å². The zero-order valence-electron chi connectivity index (χ0n) is 11.0. The minimum Gasteiger partial charge on any atom is -0.388 e. The van der Waals surface area contributed by atoms with Gasteiger partial charge in [-0.3, -0.25) is 0 Å². The summed E-state index contributed by atoms with van der Waals surface area (Å²) < 4.78 is 0. The lowest BCUT2D eigenvalue weighted by Gasteiger charge is -2.14. The minimum absolute atomic E-state index is 0.480. The number of hydrogen-bond acceptors (Lipinski definition) is 1. The lowest BCUT2D eigenvalue weighted by Crippen LogP contribution is -2.03. The molecule has 0 aromatic heterocycles. The van der Waals surface area contributed by atoms with E-state index in [0.29, 0.717) is 22.4 Å². The maximum atomic E-state index is 10.4. The molecule has 0 amide bonds. The highest BCUT2D eigenvalue weighted by Crippen LogP contribution is 2.40. The Morgan fingerprint density at radius 2 is 1.85 bits per heavy atom. The highest BCUT2D eigenvalue weighted by molar-refractivity contribution is 6.42. The van der Waals surface area contributed by atoms with Crippen molar-refractivity contribution < 1.29 is 5.11 Å². The normalized spacial score (nSPS) is 16.1. The third-order valence-electron chi connectivity index (χ3n) is 3.79. The quantitative estimate of drug-likeness (QED) is 0.828. The molecule has 1 aliphatic carbocycles. The van der Waals surface area contributed by atoms with Crippen molar-refractivity contribution in [3.05, 3.63) is 69.2 Å². The van der Waals surface area contributed by atoms with Crippen molar-refractivity contribution in [3.63, 3.8) is 0 Å². The molecular weight excluding hydrogens is 291 g/mol. The van der Waals surface area contributed by atoms with Gasteiger partial charge in [0.15, 0.2) is 0 Å². The third kappa shape index (κ3) is 3.01. The summed E-state index contributed by atoms with van der Waals surface area (Å²) in [6.45, 7) is 0. The van der Waals surface area contributed by atoms with E-state index in [1.165, 1.54) is 18.4 Å². The molecule has 0 bridgehead atoms. The van der Waals surface area contributed by atoms with E-state index in [1.54, 1.807) is 6.07 Å². The number of rotatable bonds is 4. The van der Waals surface area contributed by atoms with Gasteiger partial charge in [-0.25, -0.2) is 0 Å². The van der Waals surface area contributed by atoms with Crippen molar-refractivity contribution >= 4 is 23.2 Å². The van der Waals surface area contributed by atoms with Crippen LogP contribution in [0.1, 0.15) is 41.6 Å². The molecule has 1 nitrogen and oxygen atoms in total. The Bertz CT molecular complexity index is 620. The molecule has 0 heterocycles. The largest absolute Gasteiger partial charge is 0.388 e. The van der Waals surface area contributed by atoms with Crippen LogP contribution in [0, 0.1) is 0 Å². The molecule has 0 radical (unpaired) electrons. The Hall–Kier alpha value is -1.02. The molecule has 1 saturated carbocycles. The fourth-order valence-electron chi connectivity index (χ4n) is 2.47. The molecule has 1 N–H and O–H groups in total. The predicted molar refractivity (Wildman–Crippen MR) is 83.5 cm³/mol. The summed E-state index contributed by atoms with van der Waals surface area (Å²) in [7, 11) is 0. The van der Waals surface area contributed by atoms with E-state index in [1.807, 2.05) is 24.3 Å². The molecule has 3 heteroatoms. The van der Waals surface area contributed by atoms with Crippen molar-refractivity contribution in [1.82, 2.24) is 0 Å². The molecular formula is C17H16Cl2O. The first-order chi connectivity index (χ1) is 9.65. The van der Waals surface area contributed by atoms with Gasteiger partial charge in [0, 0.05) is 6.42 Å². The van der Waals surface area contributed by atoms with Crippen LogP contribution in [0.2, 0.25) is 10.0 Å². The fraction of sp³-hybridized carbons (Fsp3) is 0.294. The summed E-state index contributed by atoms with van der Waals surface area (Å²) in [6.07, 6.45) is 2.46. The molecule has 0 saturated heterocycles. The second-order valence-corrected chi connectivity index (χ2v) is 6.16. The molecule has 0 aliphatic heterocycles. The van der Waals surface area contributed by atoms with Crippen molar-refractivity contribution in [2.45, 2.75) is 31.3 Å². The second kappa shape index (κ2) is 5.77. The van der Waals surface area contributed by atoms with Gasteiger partial charge < -0.3 is 5.11 Å². The first-order valence-corrected chi connectivity index (χ1v) is 7.61. The van der Waals surface area contributed by atoms with Gasteiger partial charge in [-0.05, 0) is 41.5 Å². The number of aliphatic hydroxyl groups is 1. The van der Waals surface area contributed by atoms with Crippen molar-refractivity contribution in [2.75, 3.05) is 0 Å². The Balaban J connectivity index is 1.80. The number of benzene rings is 2. The lowest BCUT2D eigenvalue weighted by molar-refractivity contribution is 0.178. The standard InChI is InChI=1S/C17H16Cl2O/c18-15-6-2-5-14(17(15)19)10-16(20)13-4-1-3-12(9-13)11-7-8-11/h1-6,9,11,16,20H,7-8,10H2. The van der Waals surface area contributed by atoms with E-state index < -0.39 is 6.10 Å². The average Bonchev–Trinajstić information content (AvgIpc) is 3.28. The summed E-state index contributed by atoms with van der Waals surface area (Å²) in [4.78, 5) is 0. The third-order valence-corrected chi connectivity index (χ3v) is 4.65. The summed E-state index contributed by atoms with van der Waals surface area (Å²) in [5.74, 6) is 0.692. The second-order valence-electron chi connectivity index (χ2n) is 5.38. The van der Waals surface area contributed by atoms with Gasteiger partial charge in [0.25, 0.3) is 0 Å². The molecule has 2 aromatic carbocycles. The van der Waals surface area contributed by atoms with Crippen molar-refractivity contribution in [2.24, 2.45) is 0 Å². The Labute approximate surface area is 129 Å². The van der Waals surface area contributed by atoms with Crippen molar-refractivity contribution in [3.8, 4) is 0 Å². The van der Waals surface area contributed by atoms with Gasteiger partial charge in [-0.15, -0.1) is 0 Å². The minimum atomic E-state index is -0.551. The van der Waals surface area contributed by atoms with Crippen LogP contribution < -0.4 is 0 Å². The Kier molecular flexibility index (Phi) is 4.02. The van der Waals surface area contributed by atoms with E-state index >= 15 is 0 Å². The van der Waals surface area contributed by atoms with Crippen LogP contribution in [-0.4, -0.2) is 5.11 Å². The van der Waals surface area contributed by atoms with Crippen LogP contribution in [0.25, 0.3) is 0 Å². The first-order valence-electron chi connectivity index (χ1n) is 6.86.